The van der Waals surface area contributed by atoms with Crippen molar-refractivity contribution in [1.82, 2.24) is 4.90 Å². The Morgan fingerprint density at radius 2 is 2.08 bits per heavy atom. The second-order valence-corrected chi connectivity index (χ2v) is 2.86. The average molecular weight is 182 g/mol. The van der Waals surface area contributed by atoms with E-state index < -0.39 is 24.2 Å². The molecule has 0 aromatic heterocycles. The van der Waals surface area contributed by atoms with Gasteiger partial charge in [0.15, 0.2) is 0 Å². The van der Waals surface area contributed by atoms with E-state index in [1.165, 1.54) is 0 Å². The highest BCUT2D eigenvalue weighted by Gasteiger charge is 2.52. The van der Waals surface area contributed by atoms with E-state index >= 15 is 0 Å². The quantitative estimate of drug-likeness (QED) is 0.577. The van der Waals surface area contributed by atoms with Gasteiger partial charge in [-0.25, -0.2) is 0 Å². The molecule has 0 aromatic carbocycles. The fraction of sp³-hybridized carbons (Fsp3) is 0.833. The maximum absolute atomic E-state index is 12.2. The molecule has 1 rings (SSSR count). The number of nitrogens with zero attached hydrogens (tertiary/aromatic N) is 1. The predicted octanol–water partition coefficient (Wildman–Crippen LogP) is 0.107. The molecule has 1 fully saturated rings. The van der Waals surface area contributed by atoms with Gasteiger partial charge in [0.25, 0.3) is 0 Å². The lowest BCUT2D eigenvalue weighted by molar-refractivity contribution is -0.179. The van der Waals surface area contributed by atoms with Crippen LogP contribution in [-0.2, 0) is 4.79 Å². The number of rotatable bonds is 0. The van der Waals surface area contributed by atoms with Gasteiger partial charge in [-0.2, -0.15) is 13.2 Å². The topological polar surface area (TPSA) is 46.3 Å². The Labute approximate surface area is 67.3 Å². The number of nitrogens with two attached hydrogens (primary N) is 1. The molecule has 70 valence electrons. The highest BCUT2D eigenvalue weighted by molar-refractivity contribution is 5.79. The molecule has 1 aliphatic heterocycles. The molecular weight excluding hydrogens is 173 g/mol. The molecule has 1 amide bonds. The molecule has 2 N–H and O–H groups in total. The molecule has 2 atom stereocenters. The summed E-state index contributed by atoms with van der Waals surface area (Å²) in [7, 11) is 1.12. The third kappa shape index (κ3) is 1.38. The molecule has 12 heavy (non-hydrogen) atoms. The third-order valence-corrected chi connectivity index (χ3v) is 1.96. The Kier molecular flexibility index (Phi) is 2.03. The van der Waals surface area contributed by atoms with Gasteiger partial charge in [-0.1, -0.05) is 0 Å². The summed E-state index contributed by atoms with van der Waals surface area (Å²) in [6, 6.07) is -2.94. The lowest BCUT2D eigenvalue weighted by atomic mass is 10.1. The van der Waals surface area contributed by atoms with Crippen molar-refractivity contribution in [2.24, 2.45) is 5.73 Å². The van der Waals surface area contributed by atoms with Crippen LogP contribution >= 0.6 is 0 Å². The minimum absolute atomic E-state index is 0.222. The predicted molar refractivity (Wildman–Crippen MR) is 35.2 cm³/mol. The van der Waals surface area contributed by atoms with Crippen LogP contribution in [0, 0.1) is 0 Å². The molecule has 0 aromatic rings. The van der Waals surface area contributed by atoms with E-state index in [2.05, 4.69) is 0 Å². The zero-order valence-electron chi connectivity index (χ0n) is 6.43. The molecule has 0 bridgehead atoms. The van der Waals surface area contributed by atoms with Crippen molar-refractivity contribution in [2.75, 3.05) is 7.05 Å². The minimum Gasteiger partial charge on any atom is -0.332 e. The maximum atomic E-state index is 12.2. The Bertz CT molecular complexity index is 203. The van der Waals surface area contributed by atoms with Gasteiger partial charge < -0.3 is 10.6 Å². The van der Waals surface area contributed by atoms with E-state index in [9.17, 15) is 18.0 Å². The van der Waals surface area contributed by atoms with Gasteiger partial charge in [-0.05, 0) is 0 Å². The van der Waals surface area contributed by atoms with E-state index in [0.717, 1.165) is 7.05 Å². The molecule has 0 spiro atoms. The molecule has 1 aliphatic rings. The summed E-state index contributed by atoms with van der Waals surface area (Å²) >= 11 is 0. The normalized spacial score (nSPS) is 31.4. The van der Waals surface area contributed by atoms with Crippen molar-refractivity contribution in [3.8, 4) is 0 Å². The minimum atomic E-state index is -4.42. The lowest BCUT2D eigenvalue weighted by Gasteiger charge is -2.24. The fourth-order valence-corrected chi connectivity index (χ4v) is 1.36. The Morgan fingerprint density at radius 3 is 2.25 bits per heavy atom. The second kappa shape index (κ2) is 2.62. The van der Waals surface area contributed by atoms with Crippen LogP contribution in [0.1, 0.15) is 6.42 Å². The smallest absolute Gasteiger partial charge is 0.332 e. The Hall–Kier alpha value is -0.780. The summed E-state index contributed by atoms with van der Waals surface area (Å²) in [5.74, 6) is -0.551. The molecule has 1 saturated heterocycles. The average Bonchev–Trinajstić information content (AvgIpc) is 2.05. The van der Waals surface area contributed by atoms with E-state index in [-0.39, 0.29) is 6.42 Å². The second-order valence-electron chi connectivity index (χ2n) is 2.86. The number of hydrogen-bond acceptors (Lipinski definition) is 2. The van der Waals surface area contributed by atoms with Crippen LogP contribution in [0.15, 0.2) is 0 Å². The van der Waals surface area contributed by atoms with Crippen molar-refractivity contribution in [3.05, 3.63) is 0 Å². The fourth-order valence-electron chi connectivity index (χ4n) is 1.36. The number of likely N-dealkylation sites (tertiary alicyclic amines) is 1. The standard InChI is InChI=1S/C6H9F3N2O/c1-11-4(12)2-3(10)5(11)6(7,8)9/h3,5H,2,10H2,1H3/t3-,5-/m0/s1. The number of carbonyl (C=O) groups excluding carboxylic acids is 1. The molecule has 0 radical (unpaired) electrons. The van der Waals surface area contributed by atoms with Gasteiger partial charge in [0, 0.05) is 19.5 Å². The van der Waals surface area contributed by atoms with Gasteiger partial charge >= 0.3 is 6.18 Å². The van der Waals surface area contributed by atoms with Crippen LogP contribution in [0.3, 0.4) is 0 Å². The molecule has 6 heteroatoms. The zero-order chi connectivity index (χ0) is 9.52. The first-order valence-corrected chi connectivity index (χ1v) is 3.42. The van der Waals surface area contributed by atoms with Crippen molar-refractivity contribution < 1.29 is 18.0 Å². The van der Waals surface area contributed by atoms with E-state index in [1.54, 1.807) is 0 Å². The number of carbonyl (C=O) groups is 1. The first-order valence-electron chi connectivity index (χ1n) is 3.42. The Balaban J connectivity index is 2.84. The first kappa shape index (κ1) is 9.31. The number of hydrogen-bond donors (Lipinski definition) is 1. The molecule has 3 nitrogen and oxygen atoms in total. The van der Waals surface area contributed by atoms with Crippen molar-refractivity contribution >= 4 is 5.91 Å². The highest BCUT2D eigenvalue weighted by Crippen LogP contribution is 2.31. The van der Waals surface area contributed by atoms with Gasteiger partial charge in [-0.15, -0.1) is 0 Å². The van der Waals surface area contributed by atoms with Crippen LogP contribution in [0.5, 0.6) is 0 Å². The SMILES string of the molecule is CN1C(=O)C[C@H](N)[C@H]1C(F)(F)F. The Morgan fingerprint density at radius 1 is 1.58 bits per heavy atom. The van der Waals surface area contributed by atoms with E-state index in [0.29, 0.717) is 4.90 Å². The van der Waals surface area contributed by atoms with Crippen molar-refractivity contribution in [1.29, 1.82) is 0 Å². The summed E-state index contributed by atoms with van der Waals surface area (Å²) in [5.41, 5.74) is 5.16. The molecule has 0 aliphatic carbocycles. The number of likely N-dealkylation sites (N-methyl/N-ethyl adjacent to an activating group) is 1. The number of halogens is 3. The van der Waals surface area contributed by atoms with Gasteiger partial charge in [0.1, 0.15) is 6.04 Å². The van der Waals surface area contributed by atoms with Crippen LogP contribution in [-0.4, -0.2) is 36.1 Å². The first-order chi connectivity index (χ1) is 5.34. The molecule has 1 heterocycles. The van der Waals surface area contributed by atoms with Crippen LogP contribution in [0.4, 0.5) is 13.2 Å². The number of alkyl halides is 3. The maximum Gasteiger partial charge on any atom is 0.410 e. The summed E-state index contributed by atoms with van der Waals surface area (Å²) in [6.07, 6.45) is -4.64. The van der Waals surface area contributed by atoms with Gasteiger partial charge in [-0.3, -0.25) is 4.79 Å². The molecular formula is C6H9F3N2O. The van der Waals surface area contributed by atoms with Crippen LogP contribution < -0.4 is 5.73 Å². The van der Waals surface area contributed by atoms with Gasteiger partial charge in [0.2, 0.25) is 5.91 Å². The lowest BCUT2D eigenvalue weighted by Crippen LogP contribution is -2.48. The monoisotopic (exact) mass is 182 g/mol. The zero-order valence-corrected chi connectivity index (χ0v) is 6.43. The summed E-state index contributed by atoms with van der Waals surface area (Å²) in [6.45, 7) is 0. The summed E-state index contributed by atoms with van der Waals surface area (Å²) < 4.78 is 36.5. The summed E-state index contributed by atoms with van der Waals surface area (Å²) in [4.78, 5) is 11.4. The largest absolute Gasteiger partial charge is 0.410 e. The molecule has 0 unspecified atom stereocenters. The molecule has 0 saturated carbocycles. The van der Waals surface area contributed by atoms with Crippen molar-refractivity contribution in [3.63, 3.8) is 0 Å². The summed E-state index contributed by atoms with van der Waals surface area (Å²) in [5, 5.41) is 0. The van der Waals surface area contributed by atoms with E-state index in [4.69, 9.17) is 5.73 Å². The van der Waals surface area contributed by atoms with E-state index in [1.807, 2.05) is 0 Å². The van der Waals surface area contributed by atoms with Crippen LogP contribution in [0.25, 0.3) is 0 Å². The van der Waals surface area contributed by atoms with Gasteiger partial charge in [0.05, 0.1) is 0 Å². The number of amides is 1. The highest BCUT2D eigenvalue weighted by atomic mass is 19.4. The van der Waals surface area contributed by atoms with Crippen molar-refractivity contribution in [2.45, 2.75) is 24.7 Å². The van der Waals surface area contributed by atoms with Crippen LogP contribution in [0.2, 0.25) is 0 Å². The third-order valence-electron chi connectivity index (χ3n) is 1.96.